The summed E-state index contributed by atoms with van der Waals surface area (Å²) in [5, 5.41) is 3.96. The van der Waals surface area contributed by atoms with Crippen molar-refractivity contribution in [3.63, 3.8) is 0 Å². The smallest absolute Gasteiger partial charge is 0.244 e. The molecule has 0 saturated carbocycles. The molecule has 1 atom stereocenters. The Bertz CT molecular complexity index is 1170. The zero-order chi connectivity index (χ0) is 26.3. The predicted octanol–water partition coefficient (Wildman–Crippen LogP) is 5.05. The van der Waals surface area contributed by atoms with E-state index in [-0.39, 0.29) is 18.1 Å². The number of carbonyl (C=O) groups is 2. The summed E-state index contributed by atoms with van der Waals surface area (Å²) < 4.78 is 26.2. The molecule has 0 aliphatic carbocycles. The van der Waals surface area contributed by atoms with Crippen molar-refractivity contribution in [2.75, 3.05) is 23.7 Å². The van der Waals surface area contributed by atoms with E-state index < -0.39 is 28.5 Å². The van der Waals surface area contributed by atoms with E-state index in [2.05, 4.69) is 5.32 Å². The highest BCUT2D eigenvalue weighted by atomic mass is 35.5. The molecule has 11 heteroatoms. The lowest BCUT2D eigenvalue weighted by Gasteiger charge is -2.31. The molecule has 192 valence electrons. The van der Waals surface area contributed by atoms with Crippen LogP contribution in [0.15, 0.2) is 36.4 Å². The molecule has 0 aliphatic heterocycles. The van der Waals surface area contributed by atoms with Gasteiger partial charge in [-0.15, -0.1) is 0 Å². The van der Waals surface area contributed by atoms with E-state index in [4.69, 9.17) is 34.8 Å². The van der Waals surface area contributed by atoms with Crippen molar-refractivity contribution < 1.29 is 18.0 Å². The minimum atomic E-state index is -3.84. The standard InChI is InChI=1S/C24H30Cl3N3O4S/c1-5-6-11-28-24(32)17(3)29(14-18-8-9-19(25)12-22(18)27)23(31)15-30(35(4,33)34)20-10-7-16(2)21(26)13-20/h7-10,12-13,17H,5-6,11,14-15H2,1-4H3,(H,28,32)/t17-/m1/s1. The molecule has 0 spiro atoms. The molecule has 0 aromatic heterocycles. The van der Waals surface area contributed by atoms with Crippen molar-refractivity contribution >= 4 is 62.3 Å². The number of unbranched alkanes of at least 4 members (excludes halogenated alkanes) is 1. The van der Waals surface area contributed by atoms with Crippen LogP contribution in [-0.2, 0) is 26.2 Å². The number of sulfonamides is 1. The maximum atomic E-state index is 13.5. The number of nitrogens with one attached hydrogen (secondary N) is 1. The quantitative estimate of drug-likeness (QED) is 0.388. The van der Waals surface area contributed by atoms with Gasteiger partial charge in [0.1, 0.15) is 12.6 Å². The molecule has 0 aliphatic rings. The maximum absolute atomic E-state index is 13.5. The second kappa shape index (κ2) is 12.8. The van der Waals surface area contributed by atoms with Crippen LogP contribution in [0.1, 0.15) is 37.8 Å². The van der Waals surface area contributed by atoms with E-state index in [1.807, 2.05) is 6.92 Å². The fourth-order valence-electron chi connectivity index (χ4n) is 3.30. The van der Waals surface area contributed by atoms with Gasteiger partial charge in [0.2, 0.25) is 21.8 Å². The molecule has 0 bridgehead atoms. The van der Waals surface area contributed by atoms with Crippen molar-refractivity contribution in [3.05, 3.63) is 62.6 Å². The van der Waals surface area contributed by atoms with Gasteiger partial charge in [0, 0.05) is 28.2 Å². The SMILES string of the molecule is CCCCNC(=O)[C@@H](C)N(Cc1ccc(Cl)cc1Cl)C(=O)CN(c1ccc(C)c(Cl)c1)S(C)(=O)=O. The largest absolute Gasteiger partial charge is 0.354 e. The number of halogens is 3. The minimum Gasteiger partial charge on any atom is -0.354 e. The first-order valence-electron chi connectivity index (χ1n) is 11.1. The molecule has 0 unspecified atom stereocenters. The van der Waals surface area contributed by atoms with E-state index in [1.165, 1.54) is 11.0 Å². The summed E-state index contributed by atoms with van der Waals surface area (Å²) in [6.45, 7) is 5.33. The number of amides is 2. The zero-order valence-electron chi connectivity index (χ0n) is 20.1. The van der Waals surface area contributed by atoms with Gasteiger partial charge in [0.05, 0.1) is 11.9 Å². The van der Waals surface area contributed by atoms with Gasteiger partial charge in [-0.05, 0) is 55.7 Å². The molecule has 0 heterocycles. The highest BCUT2D eigenvalue weighted by Gasteiger charge is 2.30. The highest BCUT2D eigenvalue weighted by Crippen LogP contribution is 2.26. The van der Waals surface area contributed by atoms with Crippen LogP contribution < -0.4 is 9.62 Å². The average Bonchev–Trinajstić information content (AvgIpc) is 2.77. The van der Waals surface area contributed by atoms with Gasteiger partial charge in [-0.2, -0.15) is 0 Å². The normalized spacial score (nSPS) is 12.2. The van der Waals surface area contributed by atoms with Crippen molar-refractivity contribution in [2.24, 2.45) is 0 Å². The second-order valence-electron chi connectivity index (χ2n) is 8.28. The van der Waals surface area contributed by atoms with Gasteiger partial charge in [0.15, 0.2) is 0 Å². The Labute approximate surface area is 222 Å². The first-order valence-corrected chi connectivity index (χ1v) is 14.1. The number of carbonyl (C=O) groups excluding carboxylic acids is 2. The van der Waals surface area contributed by atoms with Crippen LogP contribution in [-0.4, -0.2) is 50.5 Å². The molecule has 2 aromatic carbocycles. The Kier molecular flexibility index (Phi) is 10.7. The molecule has 1 N–H and O–H groups in total. The lowest BCUT2D eigenvalue weighted by Crippen LogP contribution is -2.51. The number of benzene rings is 2. The van der Waals surface area contributed by atoms with E-state index in [0.29, 0.717) is 27.2 Å². The summed E-state index contributed by atoms with van der Waals surface area (Å²) in [4.78, 5) is 27.7. The molecule has 2 aromatic rings. The zero-order valence-corrected chi connectivity index (χ0v) is 23.2. The maximum Gasteiger partial charge on any atom is 0.244 e. The predicted molar refractivity (Wildman–Crippen MR) is 143 cm³/mol. The molecule has 7 nitrogen and oxygen atoms in total. The Hall–Kier alpha value is -2.00. The Morgan fingerprint density at radius 2 is 1.74 bits per heavy atom. The fourth-order valence-corrected chi connectivity index (χ4v) is 4.79. The summed E-state index contributed by atoms with van der Waals surface area (Å²) in [6.07, 6.45) is 2.71. The third-order valence-corrected chi connectivity index (χ3v) is 7.61. The lowest BCUT2D eigenvalue weighted by atomic mass is 10.1. The molecule has 0 fully saturated rings. The Balaban J connectivity index is 2.40. The number of rotatable bonds is 11. The van der Waals surface area contributed by atoms with E-state index in [1.54, 1.807) is 44.2 Å². The van der Waals surface area contributed by atoms with E-state index in [9.17, 15) is 18.0 Å². The molecular formula is C24H30Cl3N3O4S. The van der Waals surface area contributed by atoms with Gasteiger partial charge in [-0.1, -0.05) is 60.3 Å². The van der Waals surface area contributed by atoms with Crippen molar-refractivity contribution in [2.45, 2.75) is 46.2 Å². The van der Waals surface area contributed by atoms with Crippen LogP contribution in [0.3, 0.4) is 0 Å². The molecule has 0 saturated heterocycles. The topological polar surface area (TPSA) is 86.8 Å². The van der Waals surface area contributed by atoms with Crippen LogP contribution in [0.25, 0.3) is 0 Å². The third kappa shape index (κ3) is 8.27. The van der Waals surface area contributed by atoms with E-state index >= 15 is 0 Å². The summed E-state index contributed by atoms with van der Waals surface area (Å²) in [7, 11) is -3.84. The van der Waals surface area contributed by atoms with E-state index in [0.717, 1.165) is 29.0 Å². The molecule has 2 rings (SSSR count). The van der Waals surface area contributed by atoms with Gasteiger partial charge >= 0.3 is 0 Å². The highest BCUT2D eigenvalue weighted by molar-refractivity contribution is 7.92. The monoisotopic (exact) mass is 561 g/mol. The number of nitrogens with zero attached hydrogens (tertiary/aromatic N) is 2. The third-order valence-electron chi connectivity index (χ3n) is 5.48. The van der Waals surface area contributed by atoms with Gasteiger partial charge < -0.3 is 10.2 Å². The van der Waals surface area contributed by atoms with Crippen molar-refractivity contribution in [3.8, 4) is 0 Å². The van der Waals surface area contributed by atoms with Crippen LogP contribution in [0, 0.1) is 6.92 Å². The van der Waals surface area contributed by atoms with Gasteiger partial charge in [-0.25, -0.2) is 8.42 Å². The van der Waals surface area contributed by atoms with Crippen LogP contribution >= 0.6 is 34.8 Å². The summed E-state index contributed by atoms with van der Waals surface area (Å²) >= 11 is 18.5. The number of aryl methyl sites for hydroxylation is 1. The average molecular weight is 563 g/mol. The Morgan fingerprint density at radius 1 is 1.06 bits per heavy atom. The lowest BCUT2D eigenvalue weighted by molar-refractivity contribution is -0.139. The van der Waals surface area contributed by atoms with Crippen LogP contribution in [0.2, 0.25) is 15.1 Å². The first kappa shape index (κ1) is 29.2. The van der Waals surface area contributed by atoms with Crippen LogP contribution in [0.4, 0.5) is 5.69 Å². The summed E-state index contributed by atoms with van der Waals surface area (Å²) in [5.74, 6) is -0.919. The summed E-state index contributed by atoms with van der Waals surface area (Å²) in [5.41, 5.74) is 1.59. The molecule has 2 amide bonds. The van der Waals surface area contributed by atoms with Gasteiger partial charge in [-0.3, -0.25) is 13.9 Å². The fraction of sp³-hybridized carbons (Fsp3) is 0.417. The van der Waals surface area contributed by atoms with Crippen molar-refractivity contribution in [1.29, 1.82) is 0 Å². The molecular weight excluding hydrogens is 533 g/mol. The number of anilines is 1. The van der Waals surface area contributed by atoms with Gasteiger partial charge in [0.25, 0.3) is 0 Å². The second-order valence-corrected chi connectivity index (χ2v) is 11.4. The summed E-state index contributed by atoms with van der Waals surface area (Å²) in [6, 6.07) is 8.71. The number of hydrogen-bond donors (Lipinski definition) is 1. The number of hydrogen-bond acceptors (Lipinski definition) is 4. The molecule has 35 heavy (non-hydrogen) atoms. The van der Waals surface area contributed by atoms with Crippen LogP contribution in [0.5, 0.6) is 0 Å². The Morgan fingerprint density at radius 3 is 2.31 bits per heavy atom. The first-order chi connectivity index (χ1) is 16.3. The minimum absolute atomic E-state index is 0.0105. The van der Waals surface area contributed by atoms with Crippen molar-refractivity contribution in [1.82, 2.24) is 10.2 Å². The molecule has 0 radical (unpaired) electrons.